The topological polar surface area (TPSA) is 86.4 Å². The third-order valence-corrected chi connectivity index (χ3v) is 7.05. The number of rotatable bonds is 6. The van der Waals surface area contributed by atoms with Gasteiger partial charge in [0.05, 0.1) is 30.1 Å². The van der Waals surface area contributed by atoms with Crippen molar-refractivity contribution >= 4 is 28.3 Å². The number of carbonyl (C=O) groups is 1. The highest BCUT2D eigenvalue weighted by Crippen LogP contribution is 2.38. The molecule has 1 fully saturated rings. The zero-order valence-electron chi connectivity index (χ0n) is 23.1. The molecule has 0 unspecified atom stereocenters. The molecule has 1 aliphatic rings. The summed E-state index contributed by atoms with van der Waals surface area (Å²) in [6.07, 6.45) is 2.31. The molecule has 0 aliphatic carbocycles. The molecule has 0 radical (unpaired) electrons. The second-order valence-corrected chi connectivity index (χ2v) is 11.3. The molecule has 1 saturated heterocycles. The maximum absolute atomic E-state index is 15.2. The van der Waals surface area contributed by atoms with Crippen LogP contribution in [-0.4, -0.2) is 66.3 Å². The quantitative estimate of drug-likeness (QED) is 0.349. The first-order valence-electron chi connectivity index (χ1n) is 13.2. The number of carbonyl (C=O) groups excluding carboxylic acids is 1. The zero-order valence-corrected chi connectivity index (χ0v) is 23.1. The van der Waals surface area contributed by atoms with Gasteiger partial charge in [0, 0.05) is 42.8 Å². The second-order valence-electron chi connectivity index (χ2n) is 11.3. The average molecular weight is 531 g/mol. The normalized spacial score (nSPS) is 14.6. The number of likely N-dealkylation sites (N-methyl/N-ethyl adjacent to an activating group) is 1. The van der Waals surface area contributed by atoms with E-state index in [0.29, 0.717) is 45.7 Å². The van der Waals surface area contributed by atoms with Crippen molar-refractivity contribution in [3.63, 3.8) is 0 Å². The van der Waals surface area contributed by atoms with Crippen LogP contribution >= 0.6 is 0 Å². The van der Waals surface area contributed by atoms with Gasteiger partial charge in [-0.25, -0.2) is 4.39 Å². The van der Waals surface area contributed by atoms with Crippen LogP contribution < -0.4 is 15.0 Å². The van der Waals surface area contributed by atoms with Crippen LogP contribution in [0, 0.1) is 11.2 Å². The Morgan fingerprint density at radius 3 is 2.49 bits per heavy atom. The van der Waals surface area contributed by atoms with E-state index in [4.69, 9.17) is 4.74 Å². The summed E-state index contributed by atoms with van der Waals surface area (Å²) in [7, 11) is 3.67. The fourth-order valence-electron chi connectivity index (χ4n) is 5.00. The van der Waals surface area contributed by atoms with E-state index in [-0.39, 0.29) is 11.3 Å². The van der Waals surface area contributed by atoms with Crippen LogP contribution in [0.5, 0.6) is 5.75 Å². The standard InChI is InChI=1S/C30H35FN6O2/c1-30(2,3)17-20-8-11-23(31)26(27(20)39-5)24-16-22-25(18-32-24)34-35-28(22)33-29(38)19-6-9-21(10-7-19)37-14-12-36(4)13-15-37/h6-11,16,18H,12-15,17H2,1-5H3,(H2,33,34,35,38). The molecule has 8 nitrogen and oxygen atoms in total. The molecule has 1 aliphatic heterocycles. The highest BCUT2D eigenvalue weighted by Gasteiger charge is 2.23. The molecule has 2 N–H and O–H groups in total. The van der Waals surface area contributed by atoms with Gasteiger partial charge in [-0.3, -0.25) is 14.9 Å². The van der Waals surface area contributed by atoms with Gasteiger partial charge in [-0.1, -0.05) is 26.8 Å². The molecule has 1 amide bonds. The Morgan fingerprint density at radius 1 is 1.10 bits per heavy atom. The predicted octanol–water partition coefficient (Wildman–Crippen LogP) is 5.37. The van der Waals surface area contributed by atoms with Crippen LogP contribution in [0.4, 0.5) is 15.9 Å². The average Bonchev–Trinajstić information content (AvgIpc) is 3.31. The van der Waals surface area contributed by atoms with E-state index in [2.05, 4.69) is 58.1 Å². The molecule has 204 valence electrons. The van der Waals surface area contributed by atoms with Gasteiger partial charge in [-0.2, -0.15) is 5.10 Å². The minimum atomic E-state index is -0.425. The summed E-state index contributed by atoms with van der Waals surface area (Å²) in [6, 6.07) is 12.5. The molecule has 5 rings (SSSR count). The van der Waals surface area contributed by atoms with Gasteiger partial charge in [-0.15, -0.1) is 0 Å². The van der Waals surface area contributed by atoms with Crippen molar-refractivity contribution in [1.29, 1.82) is 0 Å². The Hall–Kier alpha value is -3.98. The Bertz CT molecular complexity index is 1480. The third kappa shape index (κ3) is 5.73. The number of nitrogens with zero attached hydrogens (tertiary/aromatic N) is 4. The van der Waals surface area contributed by atoms with Crippen LogP contribution in [0.15, 0.2) is 48.7 Å². The number of halogens is 1. The number of aromatic amines is 1. The summed E-state index contributed by atoms with van der Waals surface area (Å²) in [6.45, 7) is 10.3. The summed E-state index contributed by atoms with van der Waals surface area (Å²) in [5, 5.41) is 10.7. The van der Waals surface area contributed by atoms with Crippen LogP contribution in [0.3, 0.4) is 0 Å². The maximum Gasteiger partial charge on any atom is 0.256 e. The third-order valence-electron chi connectivity index (χ3n) is 7.05. The monoisotopic (exact) mass is 530 g/mol. The maximum atomic E-state index is 15.2. The van der Waals surface area contributed by atoms with Gasteiger partial charge in [-0.05, 0) is 60.8 Å². The number of hydrogen-bond acceptors (Lipinski definition) is 6. The number of pyridine rings is 1. The molecule has 2 aromatic heterocycles. The van der Waals surface area contributed by atoms with Crippen molar-refractivity contribution in [3.8, 4) is 17.0 Å². The lowest BCUT2D eigenvalue weighted by atomic mass is 9.86. The van der Waals surface area contributed by atoms with Crippen LogP contribution in [0.1, 0.15) is 36.7 Å². The van der Waals surface area contributed by atoms with E-state index >= 15 is 4.39 Å². The van der Waals surface area contributed by atoms with Crippen molar-refractivity contribution in [2.75, 3.05) is 50.6 Å². The fraction of sp³-hybridized carbons (Fsp3) is 0.367. The van der Waals surface area contributed by atoms with Gasteiger partial charge in [0.15, 0.2) is 5.82 Å². The number of nitrogens with one attached hydrogen (secondary N) is 2. The van der Waals surface area contributed by atoms with Crippen molar-refractivity contribution in [1.82, 2.24) is 20.1 Å². The number of H-pyrrole nitrogens is 1. The molecule has 4 aromatic rings. The van der Waals surface area contributed by atoms with E-state index in [9.17, 15) is 4.79 Å². The summed E-state index contributed by atoms with van der Waals surface area (Å²) in [4.78, 5) is 22.2. The molecule has 0 bridgehead atoms. The van der Waals surface area contributed by atoms with E-state index in [1.807, 2.05) is 24.3 Å². The first-order valence-corrected chi connectivity index (χ1v) is 13.2. The lowest BCUT2D eigenvalue weighted by Gasteiger charge is -2.34. The van der Waals surface area contributed by atoms with Crippen molar-refractivity contribution in [2.45, 2.75) is 27.2 Å². The van der Waals surface area contributed by atoms with Gasteiger partial charge in [0.25, 0.3) is 5.91 Å². The number of fused-ring (bicyclic) bond motifs is 1. The van der Waals surface area contributed by atoms with Crippen molar-refractivity contribution in [2.24, 2.45) is 5.41 Å². The Kier molecular flexibility index (Phi) is 7.27. The lowest BCUT2D eigenvalue weighted by Crippen LogP contribution is -2.44. The Balaban J connectivity index is 1.41. The molecule has 0 saturated carbocycles. The van der Waals surface area contributed by atoms with Crippen molar-refractivity contribution in [3.05, 3.63) is 65.6 Å². The number of piperazine rings is 1. The van der Waals surface area contributed by atoms with Gasteiger partial charge >= 0.3 is 0 Å². The molecule has 9 heteroatoms. The summed E-state index contributed by atoms with van der Waals surface area (Å²) >= 11 is 0. The minimum absolute atomic E-state index is 0.00946. The molecular formula is C30H35FN6O2. The summed E-state index contributed by atoms with van der Waals surface area (Å²) < 4.78 is 20.8. The lowest BCUT2D eigenvalue weighted by molar-refractivity contribution is 0.102. The van der Waals surface area contributed by atoms with Crippen LogP contribution in [-0.2, 0) is 6.42 Å². The largest absolute Gasteiger partial charge is 0.496 e. The number of amides is 1. The van der Waals surface area contributed by atoms with E-state index in [0.717, 1.165) is 37.4 Å². The highest BCUT2D eigenvalue weighted by molar-refractivity contribution is 6.08. The van der Waals surface area contributed by atoms with Gasteiger partial charge in [0.2, 0.25) is 0 Å². The molecule has 39 heavy (non-hydrogen) atoms. The Morgan fingerprint density at radius 2 is 1.82 bits per heavy atom. The number of aromatic nitrogens is 3. The minimum Gasteiger partial charge on any atom is -0.496 e. The van der Waals surface area contributed by atoms with E-state index in [1.165, 1.54) is 6.07 Å². The number of benzene rings is 2. The van der Waals surface area contributed by atoms with Crippen molar-refractivity contribution < 1.29 is 13.9 Å². The molecule has 3 heterocycles. The van der Waals surface area contributed by atoms with E-state index in [1.54, 1.807) is 25.4 Å². The zero-order chi connectivity index (χ0) is 27.7. The molecular weight excluding hydrogens is 495 g/mol. The molecule has 0 spiro atoms. The smallest absolute Gasteiger partial charge is 0.256 e. The summed E-state index contributed by atoms with van der Waals surface area (Å²) in [5.41, 5.74) is 3.85. The highest BCUT2D eigenvalue weighted by atomic mass is 19.1. The van der Waals surface area contributed by atoms with Gasteiger partial charge < -0.3 is 19.9 Å². The van der Waals surface area contributed by atoms with Gasteiger partial charge in [0.1, 0.15) is 11.6 Å². The number of anilines is 2. The first kappa shape index (κ1) is 26.6. The van der Waals surface area contributed by atoms with Crippen LogP contribution in [0.25, 0.3) is 22.2 Å². The predicted molar refractivity (Wildman–Crippen MR) is 153 cm³/mol. The SMILES string of the molecule is COc1c(CC(C)(C)C)ccc(F)c1-c1cc2c(NC(=O)c3ccc(N4CCN(C)CC4)cc3)n[nH]c2cn1. The fourth-order valence-corrected chi connectivity index (χ4v) is 5.00. The molecule has 2 aromatic carbocycles. The number of hydrogen-bond donors (Lipinski definition) is 2. The Labute approximate surface area is 228 Å². The number of methoxy groups -OCH3 is 1. The second kappa shape index (κ2) is 10.6. The summed E-state index contributed by atoms with van der Waals surface area (Å²) in [5.74, 6) is 0.117. The molecule has 0 atom stereocenters. The van der Waals surface area contributed by atoms with Crippen LogP contribution in [0.2, 0.25) is 0 Å². The number of ether oxygens (including phenoxy) is 1. The first-order chi connectivity index (χ1) is 18.6. The van der Waals surface area contributed by atoms with E-state index < -0.39 is 5.82 Å².